The largest absolute Gasteiger partial charge is 0.381 e. The number of nitrogens with one attached hydrogen (secondary N) is 2. The van der Waals surface area contributed by atoms with E-state index in [1.165, 1.54) is 41.6 Å². The molecule has 4 nitrogen and oxygen atoms in total. The zero-order chi connectivity index (χ0) is 16.8. The predicted molar refractivity (Wildman–Crippen MR) is 102 cm³/mol. The number of rotatable bonds is 4. The number of aromatic amines is 1. The monoisotopic (exact) mass is 332 g/mol. The van der Waals surface area contributed by atoms with Crippen molar-refractivity contribution in [3.05, 3.63) is 59.8 Å². The van der Waals surface area contributed by atoms with E-state index < -0.39 is 0 Å². The van der Waals surface area contributed by atoms with Gasteiger partial charge in [-0.1, -0.05) is 29.8 Å². The summed E-state index contributed by atoms with van der Waals surface area (Å²) in [4.78, 5) is 2.67. The molecule has 2 heterocycles. The Labute approximate surface area is 148 Å². The van der Waals surface area contributed by atoms with E-state index in [0.717, 1.165) is 18.0 Å². The third-order valence-corrected chi connectivity index (χ3v) is 5.89. The number of hydrogen-bond acceptors (Lipinski definition) is 3. The van der Waals surface area contributed by atoms with E-state index in [2.05, 4.69) is 69.8 Å². The van der Waals surface area contributed by atoms with Gasteiger partial charge in [-0.05, 0) is 49.4 Å². The Morgan fingerprint density at radius 3 is 2.88 bits per heavy atom. The van der Waals surface area contributed by atoms with Crippen molar-refractivity contribution in [1.29, 1.82) is 0 Å². The number of benzene rings is 2. The van der Waals surface area contributed by atoms with Crippen LogP contribution in [0.2, 0.25) is 0 Å². The molecule has 1 aromatic heterocycles. The molecule has 1 aliphatic carbocycles. The van der Waals surface area contributed by atoms with Crippen molar-refractivity contribution < 1.29 is 0 Å². The SMILES string of the molecule is Cc1ccc(CN2CC3CC(Nc4ccc5[nH]ncc5c4)C2C3)cc1. The van der Waals surface area contributed by atoms with Gasteiger partial charge in [0.25, 0.3) is 0 Å². The molecule has 0 amide bonds. The number of anilines is 1. The van der Waals surface area contributed by atoms with Crippen molar-refractivity contribution in [3.63, 3.8) is 0 Å². The van der Waals surface area contributed by atoms with E-state index in [0.29, 0.717) is 12.1 Å². The van der Waals surface area contributed by atoms with Crippen molar-refractivity contribution in [2.45, 2.75) is 38.4 Å². The standard InChI is InChI=1S/C21H24N4/c1-14-2-4-15(5-3-14)12-25-13-16-8-20(21(25)9-16)23-18-6-7-19-17(10-18)11-22-24-19/h2-7,10-11,16,20-21,23H,8-9,12-13H2,1H3,(H,22,24). The Kier molecular flexibility index (Phi) is 3.52. The van der Waals surface area contributed by atoms with Gasteiger partial charge in [0.2, 0.25) is 0 Å². The maximum atomic E-state index is 4.12. The van der Waals surface area contributed by atoms with Crippen LogP contribution in [0.5, 0.6) is 0 Å². The number of hydrogen-bond donors (Lipinski definition) is 2. The van der Waals surface area contributed by atoms with Gasteiger partial charge < -0.3 is 5.32 Å². The van der Waals surface area contributed by atoms with E-state index in [9.17, 15) is 0 Å². The third kappa shape index (κ3) is 2.81. The summed E-state index contributed by atoms with van der Waals surface area (Å²) in [5.74, 6) is 0.839. The molecule has 3 aromatic rings. The van der Waals surface area contributed by atoms with Crippen molar-refractivity contribution in [3.8, 4) is 0 Å². The molecule has 2 N–H and O–H groups in total. The molecule has 1 saturated heterocycles. The lowest BCUT2D eigenvalue weighted by atomic mass is 10.0. The normalized spacial score (nSPS) is 25.7. The fourth-order valence-electron chi connectivity index (χ4n) is 4.65. The number of H-pyrrole nitrogens is 1. The van der Waals surface area contributed by atoms with Gasteiger partial charge in [0.15, 0.2) is 0 Å². The highest BCUT2D eigenvalue weighted by Gasteiger charge is 2.44. The van der Waals surface area contributed by atoms with Crippen molar-refractivity contribution in [2.24, 2.45) is 5.92 Å². The van der Waals surface area contributed by atoms with Crippen LogP contribution in [0.15, 0.2) is 48.7 Å². The van der Waals surface area contributed by atoms with E-state index >= 15 is 0 Å². The fourth-order valence-corrected chi connectivity index (χ4v) is 4.65. The van der Waals surface area contributed by atoms with E-state index in [-0.39, 0.29) is 0 Å². The maximum absolute atomic E-state index is 4.12. The molecular formula is C21H24N4. The lowest BCUT2D eigenvalue weighted by Gasteiger charge is -2.34. The van der Waals surface area contributed by atoms with Gasteiger partial charge in [-0.25, -0.2) is 0 Å². The molecule has 4 heteroatoms. The first kappa shape index (κ1) is 15.0. The molecule has 25 heavy (non-hydrogen) atoms. The highest BCUT2D eigenvalue weighted by Crippen LogP contribution is 2.40. The van der Waals surface area contributed by atoms with Crippen LogP contribution in [0.1, 0.15) is 24.0 Å². The zero-order valence-corrected chi connectivity index (χ0v) is 14.6. The second-order valence-corrected chi connectivity index (χ2v) is 7.74. The lowest BCUT2D eigenvalue weighted by Crippen LogP contribution is -2.44. The van der Waals surface area contributed by atoms with Crippen LogP contribution >= 0.6 is 0 Å². The highest BCUT2D eigenvalue weighted by molar-refractivity contribution is 5.81. The topological polar surface area (TPSA) is 44.0 Å². The van der Waals surface area contributed by atoms with Crippen LogP contribution in [0, 0.1) is 12.8 Å². The average Bonchev–Trinajstić information content (AvgIpc) is 3.31. The highest BCUT2D eigenvalue weighted by atomic mass is 15.2. The van der Waals surface area contributed by atoms with Gasteiger partial charge in [0.1, 0.15) is 0 Å². The third-order valence-electron chi connectivity index (χ3n) is 5.89. The molecule has 2 fully saturated rings. The van der Waals surface area contributed by atoms with Gasteiger partial charge in [-0.3, -0.25) is 10.00 Å². The molecule has 1 saturated carbocycles. The van der Waals surface area contributed by atoms with Gasteiger partial charge in [0.05, 0.1) is 11.7 Å². The van der Waals surface area contributed by atoms with Crippen LogP contribution in [0.3, 0.4) is 0 Å². The summed E-state index contributed by atoms with van der Waals surface area (Å²) in [7, 11) is 0. The van der Waals surface area contributed by atoms with Crippen molar-refractivity contribution in [1.82, 2.24) is 15.1 Å². The van der Waals surface area contributed by atoms with Crippen LogP contribution in [0.4, 0.5) is 5.69 Å². The minimum absolute atomic E-state index is 0.550. The average molecular weight is 332 g/mol. The van der Waals surface area contributed by atoms with Gasteiger partial charge in [-0.2, -0.15) is 5.10 Å². The number of aryl methyl sites for hydroxylation is 1. The van der Waals surface area contributed by atoms with Crippen LogP contribution < -0.4 is 5.32 Å². The number of nitrogens with zero attached hydrogens (tertiary/aromatic N) is 2. The summed E-state index contributed by atoms with van der Waals surface area (Å²) >= 11 is 0. The van der Waals surface area contributed by atoms with E-state index in [1.54, 1.807) is 0 Å². The second kappa shape index (κ2) is 5.88. The number of likely N-dealkylation sites (tertiary alicyclic amines) is 1. The number of aromatic nitrogens is 2. The molecule has 2 aliphatic rings. The number of piperidine rings is 1. The fraction of sp³-hybridized carbons (Fsp3) is 0.381. The summed E-state index contributed by atoms with van der Waals surface area (Å²) in [6.45, 7) is 4.47. The summed E-state index contributed by atoms with van der Waals surface area (Å²) in [6.07, 6.45) is 4.51. The minimum atomic E-state index is 0.550. The van der Waals surface area contributed by atoms with Gasteiger partial charge in [0, 0.05) is 36.2 Å². The molecule has 0 radical (unpaired) electrons. The molecule has 2 bridgehead atoms. The van der Waals surface area contributed by atoms with E-state index in [4.69, 9.17) is 0 Å². The quantitative estimate of drug-likeness (QED) is 0.760. The van der Waals surface area contributed by atoms with Gasteiger partial charge >= 0.3 is 0 Å². The molecule has 3 atom stereocenters. The zero-order valence-electron chi connectivity index (χ0n) is 14.6. The van der Waals surface area contributed by atoms with Crippen molar-refractivity contribution in [2.75, 3.05) is 11.9 Å². The molecule has 3 unspecified atom stereocenters. The van der Waals surface area contributed by atoms with Crippen LogP contribution in [-0.2, 0) is 6.54 Å². The Hall–Kier alpha value is -2.33. The maximum Gasteiger partial charge on any atom is 0.0651 e. The molecule has 5 rings (SSSR count). The Morgan fingerprint density at radius 2 is 2.04 bits per heavy atom. The first-order valence-electron chi connectivity index (χ1n) is 9.24. The Balaban J connectivity index is 1.30. The molecule has 1 aliphatic heterocycles. The first-order chi connectivity index (χ1) is 12.2. The lowest BCUT2D eigenvalue weighted by molar-refractivity contribution is 0.192. The van der Waals surface area contributed by atoms with Crippen LogP contribution in [0.25, 0.3) is 10.9 Å². The Bertz CT molecular complexity index is 882. The first-order valence-corrected chi connectivity index (χ1v) is 9.24. The predicted octanol–water partition coefficient (Wildman–Crippen LogP) is 3.95. The minimum Gasteiger partial charge on any atom is -0.381 e. The Morgan fingerprint density at radius 1 is 1.16 bits per heavy atom. The number of fused-ring (bicyclic) bond motifs is 3. The molecular weight excluding hydrogens is 308 g/mol. The van der Waals surface area contributed by atoms with E-state index in [1.807, 2.05) is 6.20 Å². The molecule has 128 valence electrons. The summed E-state index contributed by atoms with van der Waals surface area (Å²) in [5.41, 5.74) is 5.07. The second-order valence-electron chi connectivity index (χ2n) is 7.74. The smallest absolute Gasteiger partial charge is 0.0651 e. The summed E-state index contributed by atoms with van der Waals surface area (Å²) < 4.78 is 0. The van der Waals surface area contributed by atoms with Gasteiger partial charge in [-0.15, -0.1) is 0 Å². The molecule has 2 aromatic carbocycles. The molecule has 0 spiro atoms. The van der Waals surface area contributed by atoms with Crippen molar-refractivity contribution >= 4 is 16.6 Å². The van der Waals surface area contributed by atoms with Crippen LogP contribution in [-0.4, -0.2) is 33.7 Å². The summed E-state index contributed by atoms with van der Waals surface area (Å²) in [5, 5.41) is 12.1. The summed E-state index contributed by atoms with van der Waals surface area (Å²) in [6, 6.07) is 16.7.